The molecule has 1 unspecified atom stereocenters. The van der Waals surface area contributed by atoms with E-state index in [1.807, 2.05) is 13.8 Å². The summed E-state index contributed by atoms with van der Waals surface area (Å²) in [7, 11) is 0. The van der Waals surface area contributed by atoms with Gasteiger partial charge in [-0.2, -0.15) is 13.2 Å². The van der Waals surface area contributed by atoms with Crippen LogP contribution in [0.15, 0.2) is 35.1 Å². The topological polar surface area (TPSA) is 74.8 Å². The molecule has 0 fully saturated rings. The lowest BCUT2D eigenvalue weighted by molar-refractivity contribution is -0.137. The summed E-state index contributed by atoms with van der Waals surface area (Å²) in [6.07, 6.45) is -4.42. The molecule has 2 aromatic rings. The van der Waals surface area contributed by atoms with E-state index in [2.05, 4.69) is 15.3 Å². The summed E-state index contributed by atoms with van der Waals surface area (Å²) in [4.78, 5) is 30.2. The number of carbonyl (C=O) groups excluding carboxylic acids is 1. The van der Waals surface area contributed by atoms with Crippen molar-refractivity contribution in [3.05, 3.63) is 63.3 Å². The summed E-state index contributed by atoms with van der Waals surface area (Å²) in [5, 5.41) is 2.73. The Morgan fingerprint density at radius 1 is 1.20 bits per heavy atom. The number of hydrogen-bond donors (Lipinski definition) is 2. The van der Waals surface area contributed by atoms with Crippen molar-refractivity contribution in [1.82, 2.24) is 15.3 Å². The molecule has 8 heteroatoms. The number of amides is 1. The van der Waals surface area contributed by atoms with Crippen molar-refractivity contribution in [3.63, 3.8) is 0 Å². The molecular weight excluding hydrogens is 335 g/mol. The van der Waals surface area contributed by atoms with E-state index in [1.54, 1.807) is 6.92 Å². The number of alkyl halides is 3. The minimum Gasteiger partial charge on any atom is -0.344 e. The van der Waals surface area contributed by atoms with Gasteiger partial charge in [-0.15, -0.1) is 0 Å². The Kier molecular flexibility index (Phi) is 5.30. The first-order valence-electron chi connectivity index (χ1n) is 7.64. The van der Waals surface area contributed by atoms with Gasteiger partial charge in [0, 0.05) is 6.07 Å². The first-order valence-corrected chi connectivity index (χ1v) is 7.64. The van der Waals surface area contributed by atoms with Gasteiger partial charge >= 0.3 is 6.18 Å². The molecule has 25 heavy (non-hydrogen) atoms. The fourth-order valence-electron chi connectivity index (χ4n) is 2.43. The van der Waals surface area contributed by atoms with Crippen LogP contribution in [0.25, 0.3) is 0 Å². The van der Waals surface area contributed by atoms with Crippen molar-refractivity contribution in [2.24, 2.45) is 5.92 Å². The van der Waals surface area contributed by atoms with Gasteiger partial charge in [0.15, 0.2) is 0 Å². The maximum absolute atomic E-state index is 12.7. The molecule has 0 saturated heterocycles. The molecule has 0 aliphatic heterocycles. The second-order valence-corrected chi connectivity index (χ2v) is 6.03. The molecule has 1 amide bonds. The molecule has 0 radical (unpaired) electrons. The lowest BCUT2D eigenvalue weighted by Crippen LogP contribution is -2.33. The van der Waals surface area contributed by atoms with Gasteiger partial charge in [-0.05, 0) is 30.5 Å². The number of aryl methyl sites for hydroxylation is 1. The minimum atomic E-state index is -4.42. The lowest BCUT2D eigenvalue weighted by Gasteiger charge is -2.23. The largest absolute Gasteiger partial charge is 0.416 e. The van der Waals surface area contributed by atoms with E-state index in [0.29, 0.717) is 11.4 Å². The van der Waals surface area contributed by atoms with Crippen molar-refractivity contribution >= 4 is 5.91 Å². The number of hydrogen-bond acceptors (Lipinski definition) is 3. The number of aromatic nitrogens is 2. The predicted octanol–water partition coefficient (Wildman–Crippen LogP) is 3.22. The van der Waals surface area contributed by atoms with Crippen LogP contribution >= 0.6 is 0 Å². The summed E-state index contributed by atoms with van der Waals surface area (Å²) < 4.78 is 38.0. The first kappa shape index (κ1) is 18.7. The van der Waals surface area contributed by atoms with Crippen LogP contribution in [0.5, 0.6) is 0 Å². The normalized spacial score (nSPS) is 12.9. The Balaban J connectivity index is 2.26. The average molecular weight is 353 g/mol. The van der Waals surface area contributed by atoms with Crippen molar-refractivity contribution < 1.29 is 18.0 Å². The third-order valence-electron chi connectivity index (χ3n) is 3.64. The van der Waals surface area contributed by atoms with E-state index in [0.717, 1.165) is 18.2 Å². The second kappa shape index (κ2) is 7.08. The van der Waals surface area contributed by atoms with Gasteiger partial charge in [-0.1, -0.05) is 26.0 Å². The summed E-state index contributed by atoms with van der Waals surface area (Å²) in [5.74, 6) is -0.343. The maximum Gasteiger partial charge on any atom is 0.416 e. The minimum absolute atomic E-state index is 0.0428. The average Bonchev–Trinajstić information content (AvgIpc) is 2.50. The maximum atomic E-state index is 12.7. The monoisotopic (exact) mass is 353 g/mol. The SMILES string of the molecule is Cc1nc(C(=O)NC(c2ccc(C(F)(F)F)cc2)C(C)C)cc(=O)[nH]1. The fourth-order valence-corrected chi connectivity index (χ4v) is 2.43. The molecule has 1 atom stereocenters. The highest BCUT2D eigenvalue weighted by atomic mass is 19.4. The number of benzene rings is 1. The van der Waals surface area contributed by atoms with Crippen molar-refractivity contribution in [2.45, 2.75) is 33.0 Å². The van der Waals surface area contributed by atoms with Gasteiger partial charge in [-0.25, -0.2) is 4.98 Å². The van der Waals surface area contributed by atoms with Crippen molar-refractivity contribution in [3.8, 4) is 0 Å². The zero-order valence-corrected chi connectivity index (χ0v) is 13.9. The Morgan fingerprint density at radius 3 is 2.28 bits per heavy atom. The highest BCUT2D eigenvalue weighted by molar-refractivity contribution is 5.92. The molecule has 0 spiro atoms. The van der Waals surface area contributed by atoms with Crippen LogP contribution in [-0.2, 0) is 6.18 Å². The molecule has 1 aromatic heterocycles. The van der Waals surface area contributed by atoms with E-state index in [1.165, 1.54) is 12.1 Å². The van der Waals surface area contributed by atoms with Gasteiger partial charge in [0.25, 0.3) is 11.5 Å². The standard InChI is InChI=1S/C17H18F3N3O2/c1-9(2)15(11-4-6-12(7-5-11)17(18,19)20)23-16(25)13-8-14(24)22-10(3)21-13/h4-9,15H,1-3H3,(H,23,25)(H,21,22,24). The predicted molar refractivity (Wildman–Crippen MR) is 86.1 cm³/mol. The van der Waals surface area contributed by atoms with Crippen LogP contribution in [0.1, 0.15) is 47.3 Å². The number of nitrogens with zero attached hydrogens (tertiary/aromatic N) is 1. The number of H-pyrrole nitrogens is 1. The Morgan fingerprint density at radius 2 is 1.80 bits per heavy atom. The fraction of sp³-hybridized carbons (Fsp3) is 0.353. The van der Waals surface area contributed by atoms with Crippen LogP contribution in [-0.4, -0.2) is 15.9 Å². The molecule has 0 aliphatic carbocycles. The molecule has 0 saturated carbocycles. The first-order chi connectivity index (χ1) is 11.6. The number of rotatable bonds is 4. The Hall–Kier alpha value is -2.64. The lowest BCUT2D eigenvalue weighted by atomic mass is 9.95. The molecule has 0 aliphatic rings. The highest BCUT2D eigenvalue weighted by Gasteiger charge is 2.30. The molecule has 5 nitrogen and oxygen atoms in total. The Bertz CT molecular complexity index is 811. The van der Waals surface area contributed by atoms with Crippen molar-refractivity contribution in [2.75, 3.05) is 0 Å². The van der Waals surface area contributed by atoms with Gasteiger partial charge in [0.2, 0.25) is 0 Å². The summed E-state index contributed by atoms with van der Waals surface area (Å²) in [5.41, 5.74) is -0.707. The summed E-state index contributed by atoms with van der Waals surface area (Å²) in [6, 6.07) is 5.19. The summed E-state index contributed by atoms with van der Waals surface area (Å²) >= 11 is 0. The molecule has 1 aromatic carbocycles. The third kappa shape index (κ3) is 4.68. The molecule has 134 valence electrons. The van der Waals surface area contributed by atoms with Crippen LogP contribution < -0.4 is 10.9 Å². The van der Waals surface area contributed by atoms with Crippen LogP contribution in [0.2, 0.25) is 0 Å². The summed E-state index contributed by atoms with van der Waals surface area (Å²) in [6.45, 7) is 5.21. The van der Waals surface area contributed by atoms with E-state index in [-0.39, 0.29) is 11.6 Å². The van der Waals surface area contributed by atoms with E-state index in [9.17, 15) is 22.8 Å². The van der Waals surface area contributed by atoms with Crippen LogP contribution in [0, 0.1) is 12.8 Å². The van der Waals surface area contributed by atoms with Gasteiger partial charge < -0.3 is 10.3 Å². The number of nitrogens with one attached hydrogen (secondary N) is 2. The molecule has 0 bridgehead atoms. The highest BCUT2D eigenvalue weighted by Crippen LogP contribution is 2.31. The second-order valence-electron chi connectivity index (χ2n) is 6.03. The van der Waals surface area contributed by atoms with E-state index < -0.39 is 29.2 Å². The third-order valence-corrected chi connectivity index (χ3v) is 3.64. The van der Waals surface area contributed by atoms with Crippen LogP contribution in [0.3, 0.4) is 0 Å². The van der Waals surface area contributed by atoms with Gasteiger partial charge in [0.1, 0.15) is 11.5 Å². The van der Waals surface area contributed by atoms with Gasteiger partial charge in [-0.3, -0.25) is 9.59 Å². The number of carbonyl (C=O) groups is 1. The van der Waals surface area contributed by atoms with Crippen LogP contribution in [0.4, 0.5) is 13.2 Å². The zero-order chi connectivity index (χ0) is 18.8. The molecular formula is C17H18F3N3O2. The molecule has 2 rings (SSSR count). The number of aromatic amines is 1. The Labute approximate surface area is 142 Å². The quantitative estimate of drug-likeness (QED) is 0.886. The van der Waals surface area contributed by atoms with E-state index in [4.69, 9.17) is 0 Å². The zero-order valence-electron chi connectivity index (χ0n) is 13.9. The smallest absolute Gasteiger partial charge is 0.344 e. The van der Waals surface area contributed by atoms with Crippen molar-refractivity contribution in [1.29, 1.82) is 0 Å². The van der Waals surface area contributed by atoms with E-state index >= 15 is 0 Å². The molecule has 2 N–H and O–H groups in total. The van der Waals surface area contributed by atoms with Gasteiger partial charge in [0.05, 0.1) is 11.6 Å². The molecule has 1 heterocycles. The number of halogens is 3.